The first-order valence-corrected chi connectivity index (χ1v) is 6.94. The third kappa shape index (κ3) is 3.03. The molecular weight excluding hydrogens is 238 g/mol. The molecule has 1 aromatic rings. The number of amides is 1. The Morgan fingerprint density at radius 1 is 1.16 bits per heavy atom. The van der Waals surface area contributed by atoms with E-state index in [1.807, 2.05) is 35.2 Å². The van der Waals surface area contributed by atoms with Gasteiger partial charge in [-0.25, -0.2) is 0 Å². The fraction of sp³-hybridized carbons (Fsp3) is 0.500. The second-order valence-corrected chi connectivity index (χ2v) is 5.27. The van der Waals surface area contributed by atoms with Gasteiger partial charge >= 0.3 is 0 Å². The van der Waals surface area contributed by atoms with Crippen molar-refractivity contribution in [2.75, 3.05) is 6.54 Å². The molecular formula is C16H21NO2. The first-order chi connectivity index (χ1) is 9.11. The first-order valence-electron chi connectivity index (χ1n) is 6.94. The predicted molar refractivity (Wildman–Crippen MR) is 74.9 cm³/mol. The Morgan fingerprint density at radius 3 is 2.42 bits per heavy atom. The number of piperidine rings is 1. The number of hydrogen-bond acceptors (Lipinski definition) is 2. The molecule has 0 aliphatic carbocycles. The Balaban J connectivity index is 2.32. The van der Waals surface area contributed by atoms with E-state index in [1.54, 1.807) is 13.8 Å². The molecule has 0 radical (unpaired) electrons. The molecule has 3 nitrogen and oxygen atoms in total. The van der Waals surface area contributed by atoms with Crippen molar-refractivity contribution in [2.45, 2.75) is 45.1 Å². The largest absolute Gasteiger partial charge is 0.339 e. The SMILES string of the molecule is CC(=O)C(c1ccccc1)C1CCCCN1C(C)=O. The molecule has 1 saturated heterocycles. The van der Waals surface area contributed by atoms with Gasteiger partial charge in [0, 0.05) is 19.5 Å². The van der Waals surface area contributed by atoms with Crippen LogP contribution in [0.5, 0.6) is 0 Å². The summed E-state index contributed by atoms with van der Waals surface area (Å²) < 4.78 is 0. The van der Waals surface area contributed by atoms with E-state index >= 15 is 0 Å². The van der Waals surface area contributed by atoms with Gasteiger partial charge in [0.15, 0.2) is 0 Å². The zero-order valence-corrected chi connectivity index (χ0v) is 11.6. The van der Waals surface area contributed by atoms with E-state index in [2.05, 4.69) is 0 Å². The predicted octanol–water partition coefficient (Wildman–Crippen LogP) is 2.76. The molecule has 0 aromatic heterocycles. The highest BCUT2D eigenvalue weighted by atomic mass is 16.2. The van der Waals surface area contributed by atoms with Crippen LogP contribution in [0, 0.1) is 0 Å². The van der Waals surface area contributed by atoms with Crippen LogP contribution in [0.3, 0.4) is 0 Å². The third-order valence-corrected chi connectivity index (χ3v) is 3.94. The van der Waals surface area contributed by atoms with Crippen LogP contribution in [0.15, 0.2) is 30.3 Å². The lowest BCUT2D eigenvalue weighted by atomic mass is 9.83. The minimum absolute atomic E-state index is 0.0196. The molecule has 0 bridgehead atoms. The molecule has 1 aromatic carbocycles. The van der Waals surface area contributed by atoms with Gasteiger partial charge in [0.1, 0.15) is 5.78 Å². The van der Waals surface area contributed by atoms with Gasteiger partial charge in [-0.3, -0.25) is 9.59 Å². The fourth-order valence-corrected chi connectivity index (χ4v) is 3.08. The number of ketones is 1. The molecule has 2 atom stereocenters. The number of rotatable bonds is 3. The van der Waals surface area contributed by atoms with Crippen molar-refractivity contribution in [3.8, 4) is 0 Å². The summed E-state index contributed by atoms with van der Waals surface area (Å²) in [5.74, 6) is 0.0293. The van der Waals surface area contributed by atoms with Crippen molar-refractivity contribution >= 4 is 11.7 Å². The van der Waals surface area contributed by atoms with Crippen molar-refractivity contribution < 1.29 is 9.59 Å². The van der Waals surface area contributed by atoms with Gasteiger partial charge in [-0.05, 0) is 31.7 Å². The average Bonchev–Trinajstić information content (AvgIpc) is 2.40. The summed E-state index contributed by atoms with van der Waals surface area (Å²) in [6.45, 7) is 4.00. The van der Waals surface area contributed by atoms with E-state index in [0.29, 0.717) is 0 Å². The molecule has 0 spiro atoms. The highest BCUT2D eigenvalue weighted by Crippen LogP contribution is 2.31. The molecule has 1 amide bonds. The number of carbonyl (C=O) groups is 2. The van der Waals surface area contributed by atoms with Gasteiger partial charge in [-0.15, -0.1) is 0 Å². The Kier molecular flexibility index (Phi) is 4.35. The minimum atomic E-state index is -0.189. The zero-order chi connectivity index (χ0) is 13.8. The Bertz CT molecular complexity index is 455. The maximum absolute atomic E-state index is 12.1. The summed E-state index contributed by atoms with van der Waals surface area (Å²) in [6.07, 6.45) is 3.04. The number of likely N-dealkylation sites (tertiary alicyclic amines) is 1. The van der Waals surface area contributed by atoms with Crippen LogP contribution < -0.4 is 0 Å². The van der Waals surface area contributed by atoms with Crippen LogP contribution in [0.2, 0.25) is 0 Å². The maximum Gasteiger partial charge on any atom is 0.219 e. The van der Waals surface area contributed by atoms with E-state index in [0.717, 1.165) is 31.4 Å². The van der Waals surface area contributed by atoms with Gasteiger partial charge in [0.2, 0.25) is 5.91 Å². The smallest absolute Gasteiger partial charge is 0.219 e. The number of Topliss-reactive ketones (excluding diaryl/α,β-unsaturated/α-hetero) is 1. The summed E-state index contributed by atoms with van der Waals surface area (Å²) in [5, 5.41) is 0. The topological polar surface area (TPSA) is 37.4 Å². The number of nitrogens with zero attached hydrogens (tertiary/aromatic N) is 1. The van der Waals surface area contributed by atoms with Crippen molar-refractivity contribution in [3.63, 3.8) is 0 Å². The molecule has 2 unspecified atom stereocenters. The van der Waals surface area contributed by atoms with E-state index < -0.39 is 0 Å². The van der Waals surface area contributed by atoms with Crippen LogP contribution in [-0.2, 0) is 9.59 Å². The molecule has 0 N–H and O–H groups in total. The van der Waals surface area contributed by atoms with E-state index in [9.17, 15) is 9.59 Å². The van der Waals surface area contributed by atoms with Gasteiger partial charge in [0.25, 0.3) is 0 Å². The number of carbonyl (C=O) groups excluding carboxylic acids is 2. The molecule has 102 valence electrons. The summed E-state index contributed by atoms with van der Waals surface area (Å²) in [6, 6.07) is 9.84. The van der Waals surface area contributed by atoms with Gasteiger partial charge in [-0.1, -0.05) is 30.3 Å². The first kappa shape index (κ1) is 13.8. The van der Waals surface area contributed by atoms with E-state index in [-0.39, 0.29) is 23.7 Å². The summed E-state index contributed by atoms with van der Waals surface area (Å²) in [4.78, 5) is 25.7. The Morgan fingerprint density at radius 2 is 1.84 bits per heavy atom. The summed E-state index contributed by atoms with van der Waals surface area (Å²) >= 11 is 0. The number of hydrogen-bond donors (Lipinski definition) is 0. The van der Waals surface area contributed by atoms with Crippen LogP contribution in [0.1, 0.15) is 44.6 Å². The standard InChI is InChI=1S/C16H21NO2/c1-12(18)16(14-8-4-3-5-9-14)15-10-6-7-11-17(15)13(2)19/h3-5,8-9,15-16H,6-7,10-11H2,1-2H3. The molecule has 1 aliphatic heterocycles. The van der Waals surface area contributed by atoms with Gasteiger partial charge < -0.3 is 4.90 Å². The third-order valence-electron chi connectivity index (χ3n) is 3.94. The molecule has 1 aliphatic rings. The molecule has 19 heavy (non-hydrogen) atoms. The summed E-state index contributed by atoms with van der Waals surface area (Å²) in [5.41, 5.74) is 1.02. The monoisotopic (exact) mass is 259 g/mol. The molecule has 1 fully saturated rings. The normalized spacial score (nSPS) is 20.9. The van der Waals surface area contributed by atoms with Crippen LogP contribution in [0.25, 0.3) is 0 Å². The Hall–Kier alpha value is -1.64. The maximum atomic E-state index is 12.1. The molecule has 0 saturated carbocycles. The molecule has 1 heterocycles. The number of benzene rings is 1. The van der Waals surface area contributed by atoms with Crippen LogP contribution in [-0.4, -0.2) is 29.2 Å². The molecule has 3 heteroatoms. The lowest BCUT2D eigenvalue weighted by Crippen LogP contribution is -2.47. The quantitative estimate of drug-likeness (QED) is 0.837. The highest BCUT2D eigenvalue weighted by molar-refractivity contribution is 5.85. The zero-order valence-electron chi connectivity index (χ0n) is 11.6. The molecule has 2 rings (SSSR count). The van der Waals surface area contributed by atoms with E-state index in [4.69, 9.17) is 0 Å². The van der Waals surface area contributed by atoms with Crippen LogP contribution >= 0.6 is 0 Å². The van der Waals surface area contributed by atoms with Gasteiger partial charge in [0.05, 0.1) is 5.92 Å². The lowest BCUT2D eigenvalue weighted by molar-refractivity contribution is -0.134. The van der Waals surface area contributed by atoms with Crippen LogP contribution in [0.4, 0.5) is 0 Å². The lowest BCUT2D eigenvalue weighted by Gasteiger charge is -2.39. The van der Waals surface area contributed by atoms with Crippen molar-refractivity contribution in [2.24, 2.45) is 0 Å². The fourth-order valence-electron chi connectivity index (χ4n) is 3.08. The van der Waals surface area contributed by atoms with E-state index in [1.165, 1.54) is 0 Å². The summed E-state index contributed by atoms with van der Waals surface area (Å²) in [7, 11) is 0. The van der Waals surface area contributed by atoms with Crippen molar-refractivity contribution in [1.82, 2.24) is 4.90 Å². The van der Waals surface area contributed by atoms with Crippen molar-refractivity contribution in [3.05, 3.63) is 35.9 Å². The second kappa shape index (κ2) is 6.00. The van der Waals surface area contributed by atoms with Crippen molar-refractivity contribution in [1.29, 1.82) is 0 Å². The second-order valence-electron chi connectivity index (χ2n) is 5.27. The highest BCUT2D eigenvalue weighted by Gasteiger charge is 2.34. The average molecular weight is 259 g/mol. The Labute approximate surface area is 114 Å². The minimum Gasteiger partial charge on any atom is -0.339 e. The van der Waals surface area contributed by atoms with Gasteiger partial charge in [-0.2, -0.15) is 0 Å².